The summed E-state index contributed by atoms with van der Waals surface area (Å²) in [6.07, 6.45) is 1.74. The molecule has 7 heteroatoms. The minimum atomic E-state index is -0.299. The normalized spacial score (nSPS) is 18.5. The maximum atomic E-state index is 12.1. The molecule has 1 fully saturated rings. The summed E-state index contributed by atoms with van der Waals surface area (Å²) >= 11 is 1.35. The third kappa shape index (κ3) is 3.57. The summed E-state index contributed by atoms with van der Waals surface area (Å²) in [5.74, 6) is 0.412. The molecule has 1 heterocycles. The van der Waals surface area contributed by atoms with Crippen LogP contribution in [0.1, 0.15) is 5.56 Å². The Balaban J connectivity index is 1.73. The highest BCUT2D eigenvalue weighted by Crippen LogP contribution is 2.32. The number of rotatable bonds is 4. The summed E-state index contributed by atoms with van der Waals surface area (Å²) in [5.41, 5.74) is 1.25. The van der Waals surface area contributed by atoms with Crippen molar-refractivity contribution in [1.29, 1.82) is 0 Å². The molecule has 0 aromatic heterocycles. The number of methoxy groups -OCH3 is 1. The van der Waals surface area contributed by atoms with Gasteiger partial charge in [-0.1, -0.05) is 17.8 Å². The lowest BCUT2D eigenvalue weighted by molar-refractivity contribution is -0.116. The summed E-state index contributed by atoms with van der Waals surface area (Å²) in [6, 6.07) is 11.5. The van der Waals surface area contributed by atoms with Crippen LogP contribution in [0.5, 0.6) is 17.2 Å². The molecule has 1 atom stereocenters. The molecule has 1 aliphatic rings. The number of hydrogen-bond donors (Lipinski definition) is 4. The minimum Gasteiger partial charge on any atom is -0.508 e. The number of carbonyl (C=O) groups excluding carboxylic acids is 1. The number of ether oxygens (including phenoxy) is 1. The molecule has 0 aliphatic carbocycles. The van der Waals surface area contributed by atoms with Crippen molar-refractivity contribution in [3.8, 4) is 17.2 Å². The van der Waals surface area contributed by atoms with Gasteiger partial charge in [-0.15, -0.1) is 0 Å². The van der Waals surface area contributed by atoms with E-state index in [-0.39, 0.29) is 22.9 Å². The van der Waals surface area contributed by atoms with E-state index in [1.54, 1.807) is 42.5 Å². The second-order valence-corrected chi connectivity index (χ2v) is 6.25. The Hall–Kier alpha value is -2.80. The van der Waals surface area contributed by atoms with Gasteiger partial charge in [0.25, 0.3) is 5.91 Å². The SMILES string of the molecule is COc1cc(C=C2SC(Nc3ccc(O)cc3)NC2=O)ccc1O. The van der Waals surface area contributed by atoms with E-state index in [2.05, 4.69) is 10.6 Å². The fourth-order valence-electron chi connectivity index (χ4n) is 2.21. The molecule has 3 rings (SSSR count). The maximum absolute atomic E-state index is 12.1. The fraction of sp³-hybridized carbons (Fsp3) is 0.118. The summed E-state index contributed by atoms with van der Waals surface area (Å²) < 4.78 is 5.07. The Bertz CT molecular complexity index is 790. The zero-order chi connectivity index (χ0) is 17.1. The Morgan fingerprint density at radius 1 is 1.21 bits per heavy atom. The molecule has 0 bridgehead atoms. The molecule has 2 aromatic rings. The van der Waals surface area contributed by atoms with Crippen molar-refractivity contribution in [2.75, 3.05) is 12.4 Å². The average Bonchev–Trinajstić information content (AvgIpc) is 2.91. The van der Waals surface area contributed by atoms with E-state index in [1.807, 2.05) is 0 Å². The van der Waals surface area contributed by atoms with Crippen LogP contribution in [0.4, 0.5) is 5.69 Å². The summed E-state index contributed by atoms with van der Waals surface area (Å²) in [6.45, 7) is 0. The van der Waals surface area contributed by atoms with Gasteiger partial charge in [-0.3, -0.25) is 4.79 Å². The molecule has 4 N–H and O–H groups in total. The van der Waals surface area contributed by atoms with E-state index in [9.17, 15) is 15.0 Å². The smallest absolute Gasteiger partial charge is 0.260 e. The number of nitrogens with one attached hydrogen (secondary N) is 2. The van der Waals surface area contributed by atoms with Gasteiger partial charge in [0.05, 0.1) is 12.0 Å². The molecule has 124 valence electrons. The van der Waals surface area contributed by atoms with E-state index in [4.69, 9.17) is 4.74 Å². The van der Waals surface area contributed by atoms with Crippen LogP contribution >= 0.6 is 11.8 Å². The van der Waals surface area contributed by atoms with Crippen LogP contribution in [-0.4, -0.2) is 28.7 Å². The van der Waals surface area contributed by atoms with E-state index < -0.39 is 0 Å². The van der Waals surface area contributed by atoms with Crippen molar-refractivity contribution in [3.05, 3.63) is 52.9 Å². The third-order valence-corrected chi connectivity index (χ3v) is 4.43. The van der Waals surface area contributed by atoms with Gasteiger partial charge in [0.15, 0.2) is 17.0 Å². The first kappa shape index (κ1) is 16.1. The van der Waals surface area contributed by atoms with Crippen molar-refractivity contribution in [2.45, 2.75) is 5.50 Å². The standard InChI is InChI=1S/C17H16N2O4S/c1-23-14-8-10(2-7-13(14)21)9-15-16(22)19-17(24-15)18-11-3-5-12(20)6-4-11/h2-9,17-18,20-21H,1H3,(H,19,22). The van der Waals surface area contributed by atoms with E-state index in [1.165, 1.54) is 24.9 Å². The predicted molar refractivity (Wildman–Crippen MR) is 93.9 cm³/mol. The van der Waals surface area contributed by atoms with Gasteiger partial charge in [0, 0.05) is 5.69 Å². The second kappa shape index (κ2) is 6.76. The van der Waals surface area contributed by atoms with Crippen molar-refractivity contribution in [1.82, 2.24) is 5.32 Å². The fourth-order valence-corrected chi connectivity index (χ4v) is 3.19. The Labute approximate surface area is 143 Å². The molecule has 2 aromatic carbocycles. The number of phenolic OH excluding ortho intramolecular Hbond substituents is 2. The lowest BCUT2D eigenvalue weighted by Gasteiger charge is -2.12. The van der Waals surface area contributed by atoms with Crippen molar-refractivity contribution < 1.29 is 19.7 Å². The van der Waals surface area contributed by atoms with E-state index in [0.29, 0.717) is 10.7 Å². The van der Waals surface area contributed by atoms with Crippen LogP contribution in [0, 0.1) is 0 Å². The van der Waals surface area contributed by atoms with Gasteiger partial charge in [-0.25, -0.2) is 0 Å². The highest BCUT2D eigenvalue weighted by Gasteiger charge is 2.27. The largest absolute Gasteiger partial charge is 0.508 e. The summed E-state index contributed by atoms with van der Waals surface area (Å²) in [4.78, 5) is 12.6. The molecule has 0 saturated carbocycles. The van der Waals surface area contributed by atoms with Crippen LogP contribution in [0.3, 0.4) is 0 Å². The Kier molecular flexibility index (Phi) is 4.52. The summed E-state index contributed by atoms with van der Waals surface area (Å²) in [7, 11) is 1.47. The van der Waals surface area contributed by atoms with Crippen LogP contribution in [-0.2, 0) is 4.79 Å². The predicted octanol–water partition coefficient (Wildman–Crippen LogP) is 2.71. The molecule has 1 aliphatic heterocycles. The van der Waals surface area contributed by atoms with Crippen molar-refractivity contribution in [3.63, 3.8) is 0 Å². The van der Waals surface area contributed by atoms with Gasteiger partial charge in [0.2, 0.25) is 0 Å². The molecule has 24 heavy (non-hydrogen) atoms. The van der Waals surface area contributed by atoms with Crippen molar-refractivity contribution >= 4 is 29.4 Å². The molecule has 1 unspecified atom stereocenters. The zero-order valence-corrected chi connectivity index (χ0v) is 13.6. The lowest BCUT2D eigenvalue weighted by atomic mass is 10.2. The number of aromatic hydroxyl groups is 2. The first-order valence-electron chi connectivity index (χ1n) is 7.17. The van der Waals surface area contributed by atoms with Gasteiger partial charge < -0.3 is 25.6 Å². The number of phenols is 2. The topological polar surface area (TPSA) is 90.8 Å². The summed E-state index contributed by atoms with van der Waals surface area (Å²) in [5, 5.41) is 24.9. The first-order valence-corrected chi connectivity index (χ1v) is 8.05. The maximum Gasteiger partial charge on any atom is 0.260 e. The minimum absolute atomic E-state index is 0.0510. The van der Waals surface area contributed by atoms with Crippen LogP contribution < -0.4 is 15.4 Å². The first-order chi connectivity index (χ1) is 11.5. The number of amides is 1. The second-order valence-electron chi connectivity index (χ2n) is 5.10. The number of anilines is 1. The van der Waals surface area contributed by atoms with Crippen LogP contribution in [0.25, 0.3) is 6.08 Å². The number of hydrogen-bond acceptors (Lipinski definition) is 6. The molecular formula is C17H16N2O4S. The molecule has 0 spiro atoms. The Morgan fingerprint density at radius 3 is 2.67 bits per heavy atom. The molecule has 6 nitrogen and oxygen atoms in total. The Morgan fingerprint density at radius 2 is 1.96 bits per heavy atom. The highest BCUT2D eigenvalue weighted by atomic mass is 32.2. The molecule has 1 amide bonds. The third-order valence-electron chi connectivity index (χ3n) is 3.40. The van der Waals surface area contributed by atoms with E-state index >= 15 is 0 Å². The van der Waals surface area contributed by atoms with Crippen molar-refractivity contribution in [2.24, 2.45) is 0 Å². The van der Waals surface area contributed by atoms with Gasteiger partial charge in [-0.2, -0.15) is 0 Å². The molecular weight excluding hydrogens is 328 g/mol. The van der Waals surface area contributed by atoms with Crippen LogP contribution in [0.15, 0.2) is 47.4 Å². The van der Waals surface area contributed by atoms with E-state index in [0.717, 1.165) is 11.3 Å². The quantitative estimate of drug-likeness (QED) is 0.504. The zero-order valence-electron chi connectivity index (χ0n) is 12.8. The van der Waals surface area contributed by atoms with Crippen LogP contribution in [0.2, 0.25) is 0 Å². The molecule has 1 saturated heterocycles. The highest BCUT2D eigenvalue weighted by molar-refractivity contribution is 8.05. The average molecular weight is 344 g/mol. The van der Waals surface area contributed by atoms with Gasteiger partial charge >= 0.3 is 0 Å². The number of thioether (sulfide) groups is 1. The monoisotopic (exact) mass is 344 g/mol. The molecule has 0 radical (unpaired) electrons. The lowest BCUT2D eigenvalue weighted by Crippen LogP contribution is -2.30. The number of carbonyl (C=O) groups is 1. The van der Waals surface area contributed by atoms with Gasteiger partial charge in [-0.05, 0) is 48.0 Å². The van der Waals surface area contributed by atoms with Gasteiger partial charge in [0.1, 0.15) is 5.75 Å². The number of benzene rings is 2.